The Bertz CT molecular complexity index is 411. The highest BCUT2D eigenvalue weighted by molar-refractivity contribution is 5.81. The largest absolute Gasteiger partial charge is 0.368 e. The van der Waals surface area contributed by atoms with Crippen LogP contribution in [0.4, 0.5) is 0 Å². The highest BCUT2D eigenvalue weighted by Crippen LogP contribution is 2.25. The summed E-state index contributed by atoms with van der Waals surface area (Å²) in [6, 6.07) is 5.91. The molecule has 1 unspecified atom stereocenters. The molecule has 0 spiro atoms. The first-order valence-electron chi connectivity index (χ1n) is 5.90. The maximum absolute atomic E-state index is 11.6. The molecule has 0 radical (unpaired) electrons. The van der Waals surface area contributed by atoms with Crippen LogP contribution < -0.4 is 5.73 Å². The highest BCUT2D eigenvalue weighted by atomic mass is 16.1. The number of primary amides is 1. The lowest BCUT2D eigenvalue weighted by atomic mass is 9.93. The summed E-state index contributed by atoms with van der Waals surface area (Å²) in [6.07, 6.45) is 0. The number of carbonyl (C=O) groups is 1. The number of aryl methyl sites for hydroxylation is 1. The van der Waals surface area contributed by atoms with E-state index >= 15 is 0 Å². The molecule has 1 amide bonds. The first kappa shape index (κ1) is 13.7. The molecule has 0 saturated heterocycles. The van der Waals surface area contributed by atoms with Crippen molar-refractivity contribution < 1.29 is 4.79 Å². The van der Waals surface area contributed by atoms with E-state index in [0.29, 0.717) is 5.92 Å². The van der Waals surface area contributed by atoms with Gasteiger partial charge in [0.2, 0.25) is 5.91 Å². The SMILES string of the molecule is Cc1ccc(C(C)C)cc1C(C(N)=O)N(C)C. The zero-order valence-electron chi connectivity index (χ0n) is 11.3. The Morgan fingerprint density at radius 3 is 2.29 bits per heavy atom. The molecule has 1 aromatic rings. The molecular formula is C14H22N2O. The smallest absolute Gasteiger partial charge is 0.239 e. The van der Waals surface area contributed by atoms with Crippen molar-refractivity contribution >= 4 is 5.91 Å². The number of hydrogen-bond donors (Lipinski definition) is 1. The van der Waals surface area contributed by atoms with Gasteiger partial charge in [-0.05, 0) is 43.6 Å². The molecule has 0 aliphatic carbocycles. The summed E-state index contributed by atoms with van der Waals surface area (Å²) in [7, 11) is 3.74. The van der Waals surface area contributed by atoms with Crippen LogP contribution in [0.1, 0.15) is 42.5 Å². The molecule has 1 rings (SSSR count). The molecule has 0 fully saturated rings. The van der Waals surface area contributed by atoms with Crippen molar-refractivity contribution in [2.24, 2.45) is 5.73 Å². The Kier molecular flexibility index (Phi) is 4.29. The molecule has 17 heavy (non-hydrogen) atoms. The third-order valence-electron chi connectivity index (χ3n) is 3.05. The second-order valence-corrected chi connectivity index (χ2v) is 5.04. The molecule has 0 bridgehead atoms. The first-order valence-corrected chi connectivity index (χ1v) is 5.90. The lowest BCUT2D eigenvalue weighted by Crippen LogP contribution is -2.33. The third-order valence-corrected chi connectivity index (χ3v) is 3.05. The van der Waals surface area contributed by atoms with Crippen LogP contribution >= 0.6 is 0 Å². The minimum Gasteiger partial charge on any atom is -0.368 e. The van der Waals surface area contributed by atoms with Gasteiger partial charge in [-0.15, -0.1) is 0 Å². The van der Waals surface area contributed by atoms with Gasteiger partial charge in [0.25, 0.3) is 0 Å². The molecule has 3 nitrogen and oxygen atoms in total. The fourth-order valence-electron chi connectivity index (χ4n) is 2.00. The molecule has 0 saturated carbocycles. The number of amides is 1. The van der Waals surface area contributed by atoms with Crippen molar-refractivity contribution in [3.63, 3.8) is 0 Å². The van der Waals surface area contributed by atoms with Crippen LogP contribution in [0.2, 0.25) is 0 Å². The number of hydrogen-bond acceptors (Lipinski definition) is 2. The molecule has 3 heteroatoms. The average Bonchev–Trinajstić information content (AvgIpc) is 2.19. The second-order valence-electron chi connectivity index (χ2n) is 5.04. The van der Waals surface area contributed by atoms with Gasteiger partial charge in [0, 0.05) is 0 Å². The summed E-state index contributed by atoms with van der Waals surface area (Å²) in [4.78, 5) is 13.4. The van der Waals surface area contributed by atoms with E-state index in [1.165, 1.54) is 5.56 Å². The molecule has 0 aromatic heterocycles. The van der Waals surface area contributed by atoms with Crippen LogP contribution in [-0.2, 0) is 4.79 Å². The van der Waals surface area contributed by atoms with Crippen molar-refractivity contribution in [2.45, 2.75) is 32.7 Å². The average molecular weight is 234 g/mol. The molecule has 0 aliphatic heterocycles. The van der Waals surface area contributed by atoms with E-state index in [2.05, 4.69) is 32.0 Å². The fourth-order valence-corrected chi connectivity index (χ4v) is 2.00. The molecule has 0 aliphatic rings. The standard InChI is InChI=1S/C14H22N2O/c1-9(2)11-7-6-10(3)12(8-11)13(14(15)17)16(4)5/h6-9,13H,1-5H3,(H2,15,17). The fraction of sp³-hybridized carbons (Fsp3) is 0.500. The number of rotatable bonds is 4. The van der Waals surface area contributed by atoms with Gasteiger partial charge in [-0.1, -0.05) is 32.0 Å². The van der Waals surface area contributed by atoms with Crippen LogP contribution in [0, 0.1) is 6.92 Å². The van der Waals surface area contributed by atoms with E-state index in [4.69, 9.17) is 5.73 Å². The van der Waals surface area contributed by atoms with E-state index < -0.39 is 0 Å². The van der Waals surface area contributed by atoms with Crippen molar-refractivity contribution in [2.75, 3.05) is 14.1 Å². The quantitative estimate of drug-likeness (QED) is 0.868. The minimum absolute atomic E-state index is 0.306. The predicted molar refractivity (Wildman–Crippen MR) is 70.9 cm³/mol. The Hall–Kier alpha value is -1.35. The predicted octanol–water partition coefficient (Wildman–Crippen LogP) is 2.21. The number of carbonyl (C=O) groups excluding carboxylic acids is 1. The number of nitrogens with two attached hydrogens (primary N) is 1. The maximum Gasteiger partial charge on any atom is 0.239 e. The maximum atomic E-state index is 11.6. The molecule has 1 aromatic carbocycles. The monoisotopic (exact) mass is 234 g/mol. The van der Waals surface area contributed by atoms with Crippen molar-refractivity contribution in [1.82, 2.24) is 4.90 Å². The molecule has 1 atom stereocenters. The van der Waals surface area contributed by atoms with Crippen LogP contribution in [-0.4, -0.2) is 24.9 Å². The summed E-state index contributed by atoms with van der Waals surface area (Å²) in [5.41, 5.74) is 8.83. The van der Waals surface area contributed by atoms with Crippen LogP contribution in [0.3, 0.4) is 0 Å². The Balaban J connectivity index is 3.27. The van der Waals surface area contributed by atoms with Crippen molar-refractivity contribution in [3.05, 3.63) is 34.9 Å². The molecule has 2 N–H and O–H groups in total. The van der Waals surface area contributed by atoms with Crippen LogP contribution in [0.25, 0.3) is 0 Å². The van der Waals surface area contributed by atoms with Crippen LogP contribution in [0.5, 0.6) is 0 Å². The lowest BCUT2D eigenvalue weighted by Gasteiger charge is -2.24. The number of benzene rings is 1. The molecule has 0 heterocycles. The van der Waals surface area contributed by atoms with Gasteiger partial charge < -0.3 is 5.73 Å². The van der Waals surface area contributed by atoms with E-state index in [1.807, 2.05) is 25.9 Å². The van der Waals surface area contributed by atoms with Gasteiger partial charge in [0.05, 0.1) is 0 Å². The van der Waals surface area contributed by atoms with Gasteiger partial charge in [-0.3, -0.25) is 9.69 Å². The van der Waals surface area contributed by atoms with Crippen molar-refractivity contribution in [1.29, 1.82) is 0 Å². The minimum atomic E-state index is -0.353. The topological polar surface area (TPSA) is 46.3 Å². The number of nitrogens with zero attached hydrogens (tertiary/aromatic N) is 1. The van der Waals surface area contributed by atoms with E-state index in [1.54, 1.807) is 0 Å². The van der Waals surface area contributed by atoms with Gasteiger partial charge in [-0.25, -0.2) is 0 Å². The zero-order chi connectivity index (χ0) is 13.2. The van der Waals surface area contributed by atoms with Gasteiger partial charge in [0.15, 0.2) is 0 Å². The first-order chi connectivity index (χ1) is 7.84. The second kappa shape index (κ2) is 5.32. The van der Waals surface area contributed by atoms with Gasteiger partial charge >= 0.3 is 0 Å². The molecular weight excluding hydrogens is 212 g/mol. The molecule has 94 valence electrons. The van der Waals surface area contributed by atoms with E-state index in [9.17, 15) is 4.79 Å². The number of likely N-dealkylation sites (N-methyl/N-ethyl adjacent to an activating group) is 1. The third kappa shape index (κ3) is 3.07. The summed E-state index contributed by atoms with van der Waals surface area (Å²) in [5, 5.41) is 0. The Morgan fingerprint density at radius 2 is 1.88 bits per heavy atom. The summed E-state index contributed by atoms with van der Waals surface area (Å²) in [5.74, 6) is 0.143. The van der Waals surface area contributed by atoms with Gasteiger partial charge in [0.1, 0.15) is 6.04 Å². The van der Waals surface area contributed by atoms with Crippen LogP contribution in [0.15, 0.2) is 18.2 Å². The lowest BCUT2D eigenvalue weighted by molar-refractivity contribution is -0.122. The summed E-state index contributed by atoms with van der Waals surface area (Å²) >= 11 is 0. The summed E-state index contributed by atoms with van der Waals surface area (Å²) in [6.45, 7) is 6.30. The zero-order valence-corrected chi connectivity index (χ0v) is 11.3. The van der Waals surface area contributed by atoms with E-state index in [0.717, 1.165) is 11.1 Å². The van der Waals surface area contributed by atoms with Gasteiger partial charge in [-0.2, -0.15) is 0 Å². The van der Waals surface area contributed by atoms with Crippen molar-refractivity contribution in [3.8, 4) is 0 Å². The summed E-state index contributed by atoms with van der Waals surface area (Å²) < 4.78 is 0. The van der Waals surface area contributed by atoms with E-state index in [-0.39, 0.29) is 11.9 Å². The normalized spacial score (nSPS) is 13.1. The highest BCUT2D eigenvalue weighted by Gasteiger charge is 2.22. The Labute approximate surface area is 104 Å². The Morgan fingerprint density at radius 1 is 1.29 bits per heavy atom.